The van der Waals surface area contributed by atoms with Crippen molar-refractivity contribution in [1.29, 1.82) is 0 Å². The fourth-order valence-corrected chi connectivity index (χ4v) is 9.79. The van der Waals surface area contributed by atoms with Crippen LogP contribution in [0.3, 0.4) is 0 Å². The van der Waals surface area contributed by atoms with E-state index >= 15 is 0 Å². The maximum absolute atomic E-state index is 13.5. The molecule has 0 bridgehead atoms. The van der Waals surface area contributed by atoms with E-state index in [2.05, 4.69) is 26.8 Å². The zero-order chi connectivity index (χ0) is 29.6. The number of fused-ring (bicyclic) bond motifs is 5. The molecule has 0 radical (unpaired) electrons. The molecule has 7 heteroatoms. The Bertz CT molecular complexity index is 1090. The van der Waals surface area contributed by atoms with Crippen molar-refractivity contribution >= 4 is 11.8 Å². The van der Waals surface area contributed by atoms with Crippen LogP contribution in [0.5, 0.6) is 0 Å². The molecular weight excluding hydrogens is 496 g/mol. The molecule has 10 atom stereocenters. The number of hydrogen-bond donors (Lipinski definition) is 4. The zero-order valence-electron chi connectivity index (χ0n) is 25.2. The maximum Gasteiger partial charge on any atom is 0.303 e. The lowest BCUT2D eigenvalue weighted by Crippen LogP contribution is -2.62. The largest absolute Gasteiger partial charge is 0.456 e. The summed E-state index contributed by atoms with van der Waals surface area (Å²) >= 11 is 0. The smallest absolute Gasteiger partial charge is 0.303 e. The Labute approximate surface area is 233 Å². The Morgan fingerprint density at radius 3 is 2.21 bits per heavy atom. The summed E-state index contributed by atoms with van der Waals surface area (Å²) in [4.78, 5) is 24.9. The van der Waals surface area contributed by atoms with Gasteiger partial charge in [-0.3, -0.25) is 9.59 Å². The van der Waals surface area contributed by atoms with Crippen molar-refractivity contribution in [3.05, 3.63) is 23.8 Å². The van der Waals surface area contributed by atoms with Gasteiger partial charge in [0.25, 0.3) is 0 Å². The minimum atomic E-state index is -1.81. The summed E-state index contributed by atoms with van der Waals surface area (Å²) in [5, 5.41) is 45.0. The highest BCUT2D eigenvalue weighted by molar-refractivity contribution is 5.97. The van der Waals surface area contributed by atoms with E-state index in [0.717, 1.165) is 19.3 Å². The zero-order valence-corrected chi connectivity index (χ0v) is 25.2. The van der Waals surface area contributed by atoms with Crippen LogP contribution in [0.25, 0.3) is 0 Å². The highest BCUT2D eigenvalue weighted by Crippen LogP contribution is 2.75. The van der Waals surface area contributed by atoms with Crippen LogP contribution in [0.1, 0.15) is 94.4 Å². The summed E-state index contributed by atoms with van der Waals surface area (Å²) in [5.41, 5.74) is -3.12. The number of rotatable bonds is 5. The van der Waals surface area contributed by atoms with Crippen LogP contribution in [0.2, 0.25) is 0 Å². The predicted molar refractivity (Wildman–Crippen MR) is 148 cm³/mol. The van der Waals surface area contributed by atoms with Gasteiger partial charge >= 0.3 is 5.97 Å². The maximum atomic E-state index is 13.5. The van der Waals surface area contributed by atoms with E-state index in [0.29, 0.717) is 12.8 Å². The van der Waals surface area contributed by atoms with Crippen molar-refractivity contribution in [3.8, 4) is 0 Å². The van der Waals surface area contributed by atoms with Gasteiger partial charge in [-0.25, -0.2) is 0 Å². The topological polar surface area (TPSA) is 124 Å². The summed E-state index contributed by atoms with van der Waals surface area (Å²) < 4.78 is 5.26. The molecule has 0 spiro atoms. The summed E-state index contributed by atoms with van der Waals surface area (Å²) in [6, 6.07) is 0. The summed E-state index contributed by atoms with van der Waals surface area (Å²) in [6.07, 6.45) is 5.95. The minimum Gasteiger partial charge on any atom is -0.456 e. The SMILES string of the molecule is CC(=O)OC(C)(C)/C=C/C(=O)[C@@](C)(O)[C@H]1[C@H](O)C[C@@]2(C)[C@@H]3CC=C4[C@@H](C[C@H](O)[C@H](O)C4(C)C)[C@]3(C)CC[C@]12C. The number of ether oxygens (including phenoxy) is 1. The second-order valence-corrected chi connectivity index (χ2v) is 15.1. The van der Waals surface area contributed by atoms with Gasteiger partial charge in [-0.1, -0.05) is 46.3 Å². The number of ketones is 1. The summed E-state index contributed by atoms with van der Waals surface area (Å²) in [6.45, 7) is 16.9. The number of hydrogen-bond acceptors (Lipinski definition) is 7. The molecule has 3 saturated carbocycles. The van der Waals surface area contributed by atoms with E-state index in [9.17, 15) is 30.0 Å². The number of carbonyl (C=O) groups excluding carboxylic acids is 2. The molecule has 4 rings (SSSR count). The molecule has 0 unspecified atom stereocenters. The molecule has 0 heterocycles. The van der Waals surface area contributed by atoms with Gasteiger partial charge in [-0.2, -0.15) is 0 Å². The highest BCUT2D eigenvalue weighted by Gasteiger charge is 2.72. The molecule has 3 fully saturated rings. The summed E-state index contributed by atoms with van der Waals surface area (Å²) in [5.74, 6) is -1.34. The highest BCUT2D eigenvalue weighted by atomic mass is 16.6. The standard InChI is InChI=1S/C32H50O7/c1-18(33)39-27(2,3)13-12-24(36)32(9,38)25-22(35)17-31(8)23-11-10-19-20(16-21(34)26(37)28(19,4)5)29(23,6)14-15-30(25,31)7/h10,12-13,20-23,25-26,34-35,37-38H,11,14-17H2,1-9H3/b13-12+/t20-,21+,22-,23-,25+,26+,29+,30-,31+,32-/m1/s1. The molecular formula is C32H50O7. The predicted octanol–water partition coefficient (Wildman–Crippen LogP) is 4.11. The molecule has 4 N–H and O–H groups in total. The molecule has 4 aliphatic rings. The van der Waals surface area contributed by atoms with Gasteiger partial charge in [0.2, 0.25) is 0 Å². The Morgan fingerprint density at radius 2 is 1.62 bits per heavy atom. The number of carbonyl (C=O) groups is 2. The third-order valence-electron chi connectivity index (χ3n) is 12.0. The lowest BCUT2D eigenvalue weighted by Gasteiger charge is -2.66. The molecule has 0 aromatic heterocycles. The normalized spacial score (nSPS) is 45.0. The average Bonchev–Trinajstić information content (AvgIpc) is 3.01. The first-order chi connectivity index (χ1) is 17.6. The number of aliphatic hydroxyl groups is 4. The van der Waals surface area contributed by atoms with E-state index in [1.165, 1.54) is 31.6 Å². The van der Waals surface area contributed by atoms with Crippen LogP contribution in [-0.2, 0) is 14.3 Å². The number of aliphatic hydroxyl groups excluding tert-OH is 3. The third kappa shape index (κ3) is 4.38. The molecule has 0 aliphatic heterocycles. The Hall–Kier alpha value is -1.54. The van der Waals surface area contributed by atoms with Gasteiger partial charge in [0.15, 0.2) is 5.78 Å². The lowest BCUT2D eigenvalue weighted by molar-refractivity contribution is -0.180. The van der Waals surface area contributed by atoms with Gasteiger partial charge in [0, 0.05) is 18.3 Å². The molecule has 4 aliphatic carbocycles. The van der Waals surface area contributed by atoms with E-state index in [-0.39, 0.29) is 22.7 Å². The van der Waals surface area contributed by atoms with Crippen LogP contribution in [0.15, 0.2) is 23.8 Å². The molecule has 39 heavy (non-hydrogen) atoms. The first-order valence-corrected chi connectivity index (χ1v) is 14.6. The Morgan fingerprint density at radius 1 is 1.00 bits per heavy atom. The monoisotopic (exact) mass is 546 g/mol. The number of allylic oxidation sites excluding steroid dienone is 1. The van der Waals surface area contributed by atoms with Crippen LogP contribution in [0.4, 0.5) is 0 Å². The second-order valence-electron chi connectivity index (χ2n) is 15.1. The summed E-state index contributed by atoms with van der Waals surface area (Å²) in [7, 11) is 0. The molecule has 0 saturated heterocycles. The van der Waals surface area contributed by atoms with Gasteiger partial charge in [0.1, 0.15) is 11.2 Å². The quantitative estimate of drug-likeness (QED) is 0.232. The minimum absolute atomic E-state index is 0.121. The van der Waals surface area contributed by atoms with Gasteiger partial charge in [-0.15, -0.1) is 0 Å². The average molecular weight is 547 g/mol. The van der Waals surface area contributed by atoms with Gasteiger partial charge in [0.05, 0.1) is 18.3 Å². The first kappa shape index (κ1) is 30.4. The van der Waals surface area contributed by atoms with Gasteiger partial charge in [-0.05, 0) is 93.1 Å². The molecule has 0 amide bonds. The van der Waals surface area contributed by atoms with Crippen molar-refractivity contribution in [3.63, 3.8) is 0 Å². The second kappa shape index (κ2) is 9.23. The van der Waals surface area contributed by atoms with Crippen molar-refractivity contribution in [1.82, 2.24) is 0 Å². The van der Waals surface area contributed by atoms with E-state index in [1.807, 2.05) is 13.8 Å². The van der Waals surface area contributed by atoms with Crippen LogP contribution in [0, 0.1) is 39.4 Å². The molecule has 220 valence electrons. The molecule has 0 aromatic carbocycles. The molecule has 7 nitrogen and oxygen atoms in total. The fraction of sp³-hybridized carbons (Fsp3) is 0.812. The fourth-order valence-electron chi connectivity index (χ4n) is 9.79. The molecule has 0 aromatic rings. The van der Waals surface area contributed by atoms with Crippen LogP contribution >= 0.6 is 0 Å². The van der Waals surface area contributed by atoms with E-state index < -0.39 is 58.0 Å². The first-order valence-electron chi connectivity index (χ1n) is 14.6. The van der Waals surface area contributed by atoms with Crippen LogP contribution < -0.4 is 0 Å². The third-order valence-corrected chi connectivity index (χ3v) is 12.0. The van der Waals surface area contributed by atoms with Crippen molar-refractivity contribution < 1.29 is 34.8 Å². The van der Waals surface area contributed by atoms with Gasteiger partial charge < -0.3 is 25.2 Å². The Kier molecular flexibility index (Phi) is 7.20. The van der Waals surface area contributed by atoms with E-state index in [4.69, 9.17) is 4.74 Å². The Balaban J connectivity index is 1.69. The van der Waals surface area contributed by atoms with Crippen LogP contribution in [-0.4, -0.2) is 61.7 Å². The number of esters is 1. The van der Waals surface area contributed by atoms with Crippen molar-refractivity contribution in [2.45, 2.75) is 124 Å². The van der Waals surface area contributed by atoms with E-state index in [1.54, 1.807) is 13.8 Å². The van der Waals surface area contributed by atoms with Crippen molar-refractivity contribution in [2.75, 3.05) is 0 Å². The van der Waals surface area contributed by atoms with Crippen molar-refractivity contribution in [2.24, 2.45) is 39.4 Å². The lowest BCUT2D eigenvalue weighted by atomic mass is 9.38.